The van der Waals surface area contributed by atoms with Gasteiger partial charge in [-0.2, -0.15) is 0 Å². The minimum absolute atomic E-state index is 0. The number of nitrogens with two attached hydrogens (primary N) is 1. The molecule has 0 spiro atoms. The molecule has 6 nitrogen and oxygen atoms in total. The highest BCUT2D eigenvalue weighted by atomic mass is 127. The maximum absolute atomic E-state index is 6.03. The highest BCUT2D eigenvalue weighted by Crippen LogP contribution is 2.31. The van der Waals surface area contributed by atoms with Gasteiger partial charge in [0.1, 0.15) is 18.1 Å². The van der Waals surface area contributed by atoms with Gasteiger partial charge in [-0.3, -0.25) is 0 Å². The Morgan fingerprint density at radius 3 is 2.96 bits per heavy atom. The molecule has 7 heteroatoms. The fraction of sp³-hybridized carbons (Fsp3) is 0.412. The molecule has 0 saturated heterocycles. The molecular weight excluding hydrogens is 419 g/mol. The standard InChI is InChI=1S/C17H22N4O2.HI/c1-3-16-20-11(2)15(23-16)10-19-17(18)21-13-8-9-22-14-7-5-4-6-12(13)14;/h4-7,13H,3,8-10H2,1-2H3,(H3,18,19,21);1H. The van der Waals surface area contributed by atoms with Gasteiger partial charge in [0.05, 0.1) is 18.3 Å². The zero-order chi connectivity index (χ0) is 16.2. The lowest BCUT2D eigenvalue weighted by Crippen LogP contribution is -2.37. The van der Waals surface area contributed by atoms with Gasteiger partial charge < -0.3 is 20.2 Å². The van der Waals surface area contributed by atoms with Crippen molar-refractivity contribution in [2.45, 2.75) is 39.3 Å². The fourth-order valence-electron chi connectivity index (χ4n) is 2.66. The van der Waals surface area contributed by atoms with E-state index in [1.54, 1.807) is 0 Å². The van der Waals surface area contributed by atoms with Gasteiger partial charge in [-0.05, 0) is 13.0 Å². The Kier molecular flexibility index (Phi) is 6.47. The average molecular weight is 442 g/mol. The predicted octanol–water partition coefficient (Wildman–Crippen LogP) is 3.09. The molecule has 0 radical (unpaired) electrons. The SMILES string of the molecule is CCc1nc(C)c(CN=C(N)NC2CCOc3ccccc32)o1.I. The molecule has 1 aliphatic heterocycles. The van der Waals surface area contributed by atoms with Gasteiger partial charge in [0, 0.05) is 18.4 Å². The fourth-order valence-corrected chi connectivity index (χ4v) is 2.66. The first kappa shape index (κ1) is 18.6. The van der Waals surface area contributed by atoms with E-state index < -0.39 is 0 Å². The van der Waals surface area contributed by atoms with E-state index in [9.17, 15) is 0 Å². The number of oxazole rings is 1. The highest BCUT2D eigenvalue weighted by Gasteiger charge is 2.21. The van der Waals surface area contributed by atoms with Crippen molar-refractivity contribution in [3.63, 3.8) is 0 Å². The second-order valence-corrected chi connectivity index (χ2v) is 5.54. The van der Waals surface area contributed by atoms with Crippen molar-refractivity contribution in [3.8, 4) is 5.75 Å². The third kappa shape index (κ3) is 4.19. The van der Waals surface area contributed by atoms with Crippen molar-refractivity contribution in [1.29, 1.82) is 0 Å². The number of para-hydroxylation sites is 1. The smallest absolute Gasteiger partial charge is 0.194 e. The summed E-state index contributed by atoms with van der Waals surface area (Å²) in [7, 11) is 0. The van der Waals surface area contributed by atoms with Crippen molar-refractivity contribution in [2.75, 3.05) is 6.61 Å². The Morgan fingerprint density at radius 2 is 2.21 bits per heavy atom. The van der Waals surface area contributed by atoms with Crippen LogP contribution in [0.15, 0.2) is 33.7 Å². The summed E-state index contributed by atoms with van der Waals surface area (Å²) >= 11 is 0. The van der Waals surface area contributed by atoms with Gasteiger partial charge in [0.15, 0.2) is 11.9 Å². The van der Waals surface area contributed by atoms with Crippen molar-refractivity contribution in [2.24, 2.45) is 10.7 Å². The monoisotopic (exact) mass is 442 g/mol. The third-order valence-corrected chi connectivity index (χ3v) is 3.91. The predicted molar refractivity (Wildman–Crippen MR) is 104 cm³/mol. The zero-order valence-corrected chi connectivity index (χ0v) is 16.2. The first-order valence-corrected chi connectivity index (χ1v) is 7.90. The quantitative estimate of drug-likeness (QED) is 0.432. The molecule has 1 aliphatic rings. The number of nitrogens with one attached hydrogen (secondary N) is 1. The van der Waals surface area contributed by atoms with Crippen LogP contribution < -0.4 is 15.8 Å². The molecule has 2 aromatic rings. The molecule has 2 heterocycles. The van der Waals surface area contributed by atoms with Crippen molar-refractivity contribution < 1.29 is 9.15 Å². The number of ether oxygens (including phenoxy) is 1. The van der Waals surface area contributed by atoms with Gasteiger partial charge in [-0.25, -0.2) is 9.98 Å². The Balaban J connectivity index is 0.00000208. The minimum atomic E-state index is 0. The number of aromatic nitrogens is 1. The van der Waals surface area contributed by atoms with E-state index in [1.165, 1.54) is 0 Å². The summed E-state index contributed by atoms with van der Waals surface area (Å²) in [6, 6.07) is 8.11. The molecule has 0 saturated carbocycles. The highest BCUT2D eigenvalue weighted by molar-refractivity contribution is 14.0. The van der Waals surface area contributed by atoms with Crippen molar-refractivity contribution >= 4 is 29.9 Å². The van der Waals surface area contributed by atoms with E-state index in [0.29, 0.717) is 19.1 Å². The first-order chi connectivity index (χ1) is 11.2. The van der Waals surface area contributed by atoms with Crippen LogP contribution in [0.25, 0.3) is 0 Å². The van der Waals surface area contributed by atoms with Crippen LogP contribution in [-0.2, 0) is 13.0 Å². The molecule has 1 unspecified atom stereocenters. The second kappa shape index (κ2) is 8.36. The van der Waals surface area contributed by atoms with Crippen LogP contribution in [0.2, 0.25) is 0 Å². The minimum Gasteiger partial charge on any atom is -0.493 e. The normalized spacial score (nSPS) is 16.8. The maximum atomic E-state index is 6.03. The van der Waals surface area contributed by atoms with Gasteiger partial charge in [0.2, 0.25) is 0 Å². The van der Waals surface area contributed by atoms with E-state index in [1.807, 2.05) is 38.1 Å². The van der Waals surface area contributed by atoms with Crippen molar-refractivity contribution in [1.82, 2.24) is 10.3 Å². The van der Waals surface area contributed by atoms with Gasteiger partial charge in [-0.15, -0.1) is 24.0 Å². The molecule has 0 aliphatic carbocycles. The number of benzene rings is 1. The number of hydrogen-bond donors (Lipinski definition) is 2. The largest absolute Gasteiger partial charge is 0.493 e. The van der Waals surface area contributed by atoms with E-state index in [-0.39, 0.29) is 30.0 Å². The molecule has 0 fully saturated rings. The number of halogens is 1. The van der Waals surface area contributed by atoms with Crippen LogP contribution in [0.1, 0.15) is 42.3 Å². The number of hydrogen-bond acceptors (Lipinski definition) is 4. The van der Waals surface area contributed by atoms with Crippen LogP contribution in [0.4, 0.5) is 0 Å². The van der Waals surface area contributed by atoms with Gasteiger partial charge in [-0.1, -0.05) is 25.1 Å². The van der Waals surface area contributed by atoms with Crippen LogP contribution in [-0.4, -0.2) is 17.6 Å². The summed E-state index contributed by atoms with van der Waals surface area (Å²) in [4.78, 5) is 8.72. The molecule has 3 rings (SSSR count). The third-order valence-electron chi connectivity index (χ3n) is 3.91. The number of guanidine groups is 1. The van der Waals surface area contributed by atoms with Crippen LogP contribution in [0.3, 0.4) is 0 Å². The number of aryl methyl sites for hydroxylation is 2. The first-order valence-electron chi connectivity index (χ1n) is 7.90. The summed E-state index contributed by atoms with van der Waals surface area (Å²) in [5.74, 6) is 2.81. The molecule has 0 bridgehead atoms. The Hall–Kier alpha value is -1.77. The second-order valence-electron chi connectivity index (χ2n) is 5.54. The summed E-state index contributed by atoms with van der Waals surface area (Å²) in [6.07, 6.45) is 1.63. The molecule has 1 atom stereocenters. The summed E-state index contributed by atoms with van der Waals surface area (Å²) < 4.78 is 11.3. The zero-order valence-electron chi connectivity index (χ0n) is 13.9. The Labute approximate surface area is 158 Å². The average Bonchev–Trinajstić information content (AvgIpc) is 2.93. The van der Waals surface area contributed by atoms with E-state index >= 15 is 0 Å². The molecule has 24 heavy (non-hydrogen) atoms. The molecule has 1 aromatic heterocycles. The topological polar surface area (TPSA) is 85.7 Å². The molecular formula is C17H23IN4O2. The summed E-state index contributed by atoms with van der Waals surface area (Å²) in [6.45, 7) is 4.99. The maximum Gasteiger partial charge on any atom is 0.194 e. The molecule has 130 valence electrons. The lowest BCUT2D eigenvalue weighted by molar-refractivity contribution is 0.262. The number of aliphatic imine (C=N–C) groups is 1. The van der Waals surface area contributed by atoms with Crippen LogP contribution in [0, 0.1) is 6.92 Å². The van der Waals surface area contributed by atoms with E-state index in [2.05, 4.69) is 15.3 Å². The lowest BCUT2D eigenvalue weighted by Gasteiger charge is -2.26. The molecule has 1 aromatic carbocycles. The number of rotatable bonds is 4. The van der Waals surface area contributed by atoms with Gasteiger partial charge >= 0.3 is 0 Å². The molecule has 3 N–H and O–H groups in total. The van der Waals surface area contributed by atoms with E-state index in [0.717, 1.165) is 41.5 Å². The lowest BCUT2D eigenvalue weighted by atomic mass is 10.0. The number of nitrogens with zero attached hydrogens (tertiary/aromatic N) is 2. The Bertz CT molecular complexity index is 714. The van der Waals surface area contributed by atoms with Crippen LogP contribution in [0.5, 0.6) is 5.75 Å². The van der Waals surface area contributed by atoms with Crippen molar-refractivity contribution in [3.05, 3.63) is 47.2 Å². The Morgan fingerprint density at radius 1 is 1.42 bits per heavy atom. The van der Waals surface area contributed by atoms with Gasteiger partial charge in [0.25, 0.3) is 0 Å². The van der Waals surface area contributed by atoms with E-state index in [4.69, 9.17) is 14.9 Å². The van der Waals surface area contributed by atoms with Crippen LogP contribution >= 0.6 is 24.0 Å². The molecule has 0 amide bonds. The summed E-state index contributed by atoms with van der Waals surface area (Å²) in [5, 5.41) is 3.27. The summed E-state index contributed by atoms with van der Waals surface area (Å²) in [5.41, 5.74) is 8.02. The number of fused-ring (bicyclic) bond motifs is 1.